The minimum Gasteiger partial charge on any atom is -0.395 e. The first-order valence-electron chi connectivity index (χ1n) is 5.69. The molecule has 0 saturated carbocycles. The Kier molecular flexibility index (Phi) is 6.20. The fourth-order valence-electron chi connectivity index (χ4n) is 1.52. The van der Waals surface area contributed by atoms with Crippen molar-refractivity contribution in [1.29, 1.82) is 0 Å². The maximum absolute atomic E-state index is 12.0. The van der Waals surface area contributed by atoms with E-state index < -0.39 is 10.0 Å². The highest BCUT2D eigenvalue weighted by atomic mass is 32.2. The molecule has 0 aliphatic rings. The van der Waals surface area contributed by atoms with Crippen LogP contribution in [0.3, 0.4) is 0 Å². The van der Waals surface area contributed by atoms with E-state index in [1.807, 2.05) is 0 Å². The molecule has 1 rings (SSSR count). The van der Waals surface area contributed by atoms with Gasteiger partial charge >= 0.3 is 0 Å². The van der Waals surface area contributed by atoms with Crippen LogP contribution in [0.5, 0.6) is 0 Å². The zero-order valence-electron chi connectivity index (χ0n) is 10.1. The van der Waals surface area contributed by atoms with Crippen molar-refractivity contribution in [3.05, 3.63) is 30.1 Å². The first-order chi connectivity index (χ1) is 8.60. The highest BCUT2D eigenvalue weighted by Crippen LogP contribution is 2.04. The van der Waals surface area contributed by atoms with Gasteiger partial charge in [0.25, 0.3) is 0 Å². The third-order valence-corrected chi connectivity index (χ3v) is 4.31. The Balaban J connectivity index is 2.62. The van der Waals surface area contributed by atoms with Crippen LogP contribution in [0.25, 0.3) is 0 Å². The summed E-state index contributed by atoms with van der Waals surface area (Å²) in [6.45, 7) is -0.512. The van der Waals surface area contributed by atoms with Crippen molar-refractivity contribution in [3.63, 3.8) is 0 Å². The minimum absolute atomic E-state index is 0.00507. The number of aliphatic hydroxyl groups is 2. The Bertz CT molecular complexity index is 430. The third kappa shape index (κ3) is 4.69. The number of nitrogens with zero attached hydrogens (tertiary/aromatic N) is 2. The molecule has 0 aromatic carbocycles. The Labute approximate surface area is 107 Å². The molecule has 6 nitrogen and oxygen atoms in total. The number of hydrogen-bond donors (Lipinski definition) is 2. The van der Waals surface area contributed by atoms with E-state index in [1.54, 1.807) is 24.4 Å². The summed E-state index contributed by atoms with van der Waals surface area (Å²) in [6.07, 6.45) is 1.93. The predicted molar refractivity (Wildman–Crippen MR) is 67.5 cm³/mol. The molecule has 0 bridgehead atoms. The van der Waals surface area contributed by atoms with Crippen LogP contribution in [0.15, 0.2) is 24.4 Å². The summed E-state index contributed by atoms with van der Waals surface area (Å²) in [5, 5.41) is 17.6. The average Bonchev–Trinajstić information content (AvgIpc) is 2.37. The van der Waals surface area contributed by atoms with Crippen LogP contribution < -0.4 is 0 Å². The molecular weight excluding hydrogens is 256 g/mol. The molecule has 0 amide bonds. The molecule has 102 valence electrons. The van der Waals surface area contributed by atoms with E-state index in [-0.39, 0.29) is 32.1 Å². The molecule has 18 heavy (non-hydrogen) atoms. The SMILES string of the molecule is O=S(=O)(CCc1ccccn1)N(CCO)CCO. The van der Waals surface area contributed by atoms with Crippen LogP contribution in [0, 0.1) is 0 Å². The molecule has 0 spiro atoms. The van der Waals surface area contributed by atoms with Crippen molar-refractivity contribution in [2.24, 2.45) is 0 Å². The van der Waals surface area contributed by atoms with Gasteiger partial charge in [-0.3, -0.25) is 4.98 Å². The van der Waals surface area contributed by atoms with Gasteiger partial charge in [-0.15, -0.1) is 0 Å². The predicted octanol–water partition coefficient (Wildman–Crippen LogP) is -0.759. The van der Waals surface area contributed by atoms with Gasteiger partial charge in [0.15, 0.2) is 0 Å². The summed E-state index contributed by atoms with van der Waals surface area (Å²) in [4.78, 5) is 4.05. The van der Waals surface area contributed by atoms with Gasteiger partial charge in [-0.05, 0) is 12.1 Å². The van der Waals surface area contributed by atoms with Crippen molar-refractivity contribution in [2.75, 3.05) is 32.1 Å². The third-order valence-electron chi connectivity index (χ3n) is 2.43. The largest absolute Gasteiger partial charge is 0.395 e. The number of aromatic nitrogens is 1. The summed E-state index contributed by atoms with van der Waals surface area (Å²) >= 11 is 0. The van der Waals surface area contributed by atoms with Crippen molar-refractivity contribution in [3.8, 4) is 0 Å². The topological polar surface area (TPSA) is 90.7 Å². The van der Waals surface area contributed by atoms with Gasteiger partial charge in [-0.25, -0.2) is 8.42 Å². The van der Waals surface area contributed by atoms with E-state index in [2.05, 4.69) is 4.98 Å². The van der Waals surface area contributed by atoms with E-state index in [4.69, 9.17) is 10.2 Å². The quantitative estimate of drug-likeness (QED) is 0.650. The number of hydrogen-bond acceptors (Lipinski definition) is 5. The number of aryl methyl sites for hydroxylation is 1. The molecule has 1 heterocycles. The maximum Gasteiger partial charge on any atom is 0.214 e. The zero-order valence-corrected chi connectivity index (χ0v) is 10.9. The summed E-state index contributed by atoms with van der Waals surface area (Å²) in [5.74, 6) is -0.0794. The van der Waals surface area contributed by atoms with Crippen LogP contribution >= 0.6 is 0 Å². The van der Waals surface area contributed by atoms with Gasteiger partial charge in [0.05, 0.1) is 19.0 Å². The molecule has 0 fully saturated rings. The maximum atomic E-state index is 12.0. The Hall–Kier alpha value is -1.02. The second-order valence-electron chi connectivity index (χ2n) is 3.73. The van der Waals surface area contributed by atoms with Gasteiger partial charge in [-0.1, -0.05) is 6.07 Å². The van der Waals surface area contributed by atoms with Gasteiger partial charge in [0.2, 0.25) is 10.0 Å². The van der Waals surface area contributed by atoms with Crippen LogP contribution in [0.1, 0.15) is 5.69 Å². The van der Waals surface area contributed by atoms with Crippen LogP contribution in [-0.2, 0) is 16.4 Å². The lowest BCUT2D eigenvalue weighted by Crippen LogP contribution is -2.37. The lowest BCUT2D eigenvalue weighted by Gasteiger charge is -2.19. The molecule has 1 aromatic heterocycles. The monoisotopic (exact) mass is 274 g/mol. The molecule has 0 aliphatic heterocycles. The van der Waals surface area contributed by atoms with Crippen LogP contribution in [-0.4, -0.2) is 60.0 Å². The second-order valence-corrected chi connectivity index (χ2v) is 5.82. The van der Waals surface area contributed by atoms with Crippen molar-refractivity contribution in [2.45, 2.75) is 6.42 Å². The Morgan fingerprint density at radius 1 is 1.17 bits per heavy atom. The number of aliphatic hydroxyl groups excluding tert-OH is 2. The fraction of sp³-hybridized carbons (Fsp3) is 0.545. The molecule has 0 atom stereocenters. The first kappa shape index (κ1) is 15.0. The lowest BCUT2D eigenvalue weighted by atomic mass is 10.3. The van der Waals surface area contributed by atoms with E-state index in [9.17, 15) is 8.42 Å². The van der Waals surface area contributed by atoms with Gasteiger partial charge in [0.1, 0.15) is 0 Å². The number of rotatable bonds is 8. The zero-order chi connectivity index (χ0) is 13.4. The molecule has 0 unspecified atom stereocenters. The highest BCUT2D eigenvalue weighted by molar-refractivity contribution is 7.89. The number of sulfonamides is 1. The average molecular weight is 274 g/mol. The molecular formula is C11H18N2O4S. The Morgan fingerprint density at radius 2 is 1.83 bits per heavy atom. The molecule has 7 heteroatoms. The van der Waals surface area contributed by atoms with E-state index in [0.717, 1.165) is 4.31 Å². The summed E-state index contributed by atoms with van der Waals surface area (Å²) in [7, 11) is -3.47. The van der Waals surface area contributed by atoms with E-state index in [0.29, 0.717) is 12.1 Å². The van der Waals surface area contributed by atoms with Crippen molar-refractivity contribution < 1.29 is 18.6 Å². The molecule has 1 aromatic rings. The smallest absolute Gasteiger partial charge is 0.214 e. The van der Waals surface area contributed by atoms with Gasteiger partial charge in [0, 0.05) is 31.4 Å². The molecule has 0 saturated heterocycles. The standard InChI is InChI=1S/C11H18N2O4S/c14-8-6-13(7-9-15)18(16,17)10-4-11-3-1-2-5-12-11/h1-3,5,14-15H,4,6-10H2. The normalized spacial score (nSPS) is 11.9. The lowest BCUT2D eigenvalue weighted by molar-refractivity contribution is 0.217. The summed E-state index contributed by atoms with van der Waals surface area (Å²) < 4.78 is 25.0. The van der Waals surface area contributed by atoms with Gasteiger partial charge < -0.3 is 10.2 Å². The molecule has 0 aliphatic carbocycles. The summed E-state index contributed by atoms with van der Waals surface area (Å²) in [5.41, 5.74) is 0.703. The van der Waals surface area contributed by atoms with Crippen LogP contribution in [0.4, 0.5) is 0 Å². The fourth-order valence-corrected chi connectivity index (χ4v) is 2.97. The minimum atomic E-state index is -3.47. The second kappa shape index (κ2) is 7.42. The van der Waals surface area contributed by atoms with E-state index >= 15 is 0 Å². The highest BCUT2D eigenvalue weighted by Gasteiger charge is 2.20. The van der Waals surface area contributed by atoms with Crippen molar-refractivity contribution in [1.82, 2.24) is 9.29 Å². The molecule has 0 radical (unpaired) electrons. The van der Waals surface area contributed by atoms with E-state index in [1.165, 1.54) is 0 Å². The summed E-state index contributed by atoms with van der Waals surface area (Å²) in [6, 6.07) is 5.33. The van der Waals surface area contributed by atoms with Crippen molar-refractivity contribution >= 4 is 10.0 Å². The van der Waals surface area contributed by atoms with Gasteiger partial charge in [-0.2, -0.15) is 4.31 Å². The number of pyridine rings is 1. The Morgan fingerprint density at radius 3 is 2.33 bits per heavy atom. The molecule has 2 N–H and O–H groups in total. The van der Waals surface area contributed by atoms with Crippen LogP contribution in [0.2, 0.25) is 0 Å². The first-order valence-corrected chi connectivity index (χ1v) is 7.30.